The van der Waals surface area contributed by atoms with Gasteiger partial charge in [-0.1, -0.05) is 5.16 Å². The Morgan fingerprint density at radius 2 is 2.42 bits per heavy atom. The van der Waals surface area contributed by atoms with Crippen molar-refractivity contribution in [1.82, 2.24) is 10.1 Å². The van der Waals surface area contributed by atoms with Crippen molar-refractivity contribution in [2.45, 2.75) is 24.8 Å². The second kappa shape index (κ2) is 5.40. The number of aromatic nitrogens is 1. The van der Waals surface area contributed by atoms with E-state index in [0.29, 0.717) is 13.0 Å². The molecule has 1 atom stereocenters. The minimum absolute atomic E-state index is 0.0877. The molecule has 7 heteroatoms. The van der Waals surface area contributed by atoms with Gasteiger partial charge in [0.2, 0.25) is 5.91 Å². The van der Waals surface area contributed by atoms with Crippen LogP contribution in [0, 0.1) is 0 Å². The minimum Gasteiger partial charge on any atom is -0.382 e. The number of likely N-dealkylation sites (tertiary alicyclic amines) is 1. The summed E-state index contributed by atoms with van der Waals surface area (Å²) in [7, 11) is 1.54. The van der Waals surface area contributed by atoms with Crippen molar-refractivity contribution >= 4 is 11.8 Å². The fourth-order valence-corrected chi connectivity index (χ4v) is 2.69. The topological polar surface area (TPSA) is 98.7 Å². The van der Waals surface area contributed by atoms with Crippen LogP contribution in [0.4, 0.5) is 0 Å². The van der Waals surface area contributed by atoms with Crippen LogP contribution in [-0.4, -0.2) is 47.7 Å². The van der Waals surface area contributed by atoms with E-state index in [1.54, 1.807) is 12.0 Å². The Labute approximate surface area is 110 Å². The van der Waals surface area contributed by atoms with E-state index >= 15 is 0 Å². The highest BCUT2D eigenvalue weighted by atomic mass is 16.5. The van der Waals surface area contributed by atoms with E-state index in [0.717, 1.165) is 6.42 Å². The van der Waals surface area contributed by atoms with Crippen LogP contribution in [0.25, 0.3) is 0 Å². The highest BCUT2D eigenvalue weighted by Crippen LogP contribution is 2.33. The second-order valence-electron chi connectivity index (χ2n) is 4.75. The highest BCUT2D eigenvalue weighted by Gasteiger charge is 2.45. The summed E-state index contributed by atoms with van der Waals surface area (Å²) >= 11 is 0. The van der Waals surface area contributed by atoms with Crippen molar-refractivity contribution in [3.05, 3.63) is 18.0 Å². The van der Waals surface area contributed by atoms with Gasteiger partial charge in [-0.05, 0) is 12.8 Å². The van der Waals surface area contributed by atoms with Crippen molar-refractivity contribution in [2.75, 3.05) is 20.3 Å². The molecule has 0 aromatic carbocycles. The number of carbonyl (C=O) groups is 2. The number of hydrogen-bond acceptors (Lipinski definition) is 5. The summed E-state index contributed by atoms with van der Waals surface area (Å²) in [5, 5.41) is 3.64. The molecule has 0 unspecified atom stereocenters. The lowest BCUT2D eigenvalue weighted by Crippen LogP contribution is -2.52. The molecule has 2 amide bonds. The van der Waals surface area contributed by atoms with Gasteiger partial charge in [0.25, 0.3) is 5.91 Å². The van der Waals surface area contributed by atoms with Crippen LogP contribution in [0.2, 0.25) is 0 Å². The Morgan fingerprint density at radius 3 is 3.00 bits per heavy atom. The molecule has 2 heterocycles. The molecule has 1 saturated heterocycles. The van der Waals surface area contributed by atoms with E-state index < -0.39 is 11.4 Å². The zero-order valence-corrected chi connectivity index (χ0v) is 10.8. The molecule has 19 heavy (non-hydrogen) atoms. The Bertz CT molecular complexity index is 460. The monoisotopic (exact) mass is 267 g/mol. The predicted molar refractivity (Wildman–Crippen MR) is 65.2 cm³/mol. The summed E-state index contributed by atoms with van der Waals surface area (Å²) in [5.41, 5.74) is 4.86. The van der Waals surface area contributed by atoms with Gasteiger partial charge in [0, 0.05) is 19.7 Å². The number of primary amides is 1. The number of nitrogens with zero attached hydrogens (tertiary/aromatic N) is 2. The Morgan fingerprint density at radius 1 is 1.63 bits per heavy atom. The van der Waals surface area contributed by atoms with E-state index in [2.05, 4.69) is 9.68 Å². The third kappa shape index (κ3) is 2.60. The maximum Gasteiger partial charge on any atom is 0.276 e. The number of nitrogens with two attached hydrogens (primary N) is 1. The quantitative estimate of drug-likeness (QED) is 0.820. The van der Waals surface area contributed by atoms with E-state index in [1.165, 1.54) is 12.3 Å². The van der Waals surface area contributed by atoms with Gasteiger partial charge in [0.15, 0.2) is 5.69 Å². The maximum atomic E-state index is 12.4. The first-order valence-corrected chi connectivity index (χ1v) is 6.09. The lowest BCUT2D eigenvalue weighted by Gasteiger charge is -2.36. The minimum atomic E-state index is -0.670. The Kier molecular flexibility index (Phi) is 3.84. The molecule has 1 aliphatic heterocycles. The molecule has 1 fully saturated rings. The molecule has 1 aromatic rings. The van der Waals surface area contributed by atoms with Crippen LogP contribution in [0.15, 0.2) is 16.9 Å². The van der Waals surface area contributed by atoms with E-state index in [4.69, 9.17) is 10.5 Å². The average molecular weight is 267 g/mol. The van der Waals surface area contributed by atoms with Gasteiger partial charge in [0.05, 0.1) is 18.6 Å². The van der Waals surface area contributed by atoms with Crippen molar-refractivity contribution in [1.29, 1.82) is 0 Å². The van der Waals surface area contributed by atoms with Crippen molar-refractivity contribution in [3.63, 3.8) is 0 Å². The van der Waals surface area contributed by atoms with Crippen LogP contribution in [0.5, 0.6) is 0 Å². The molecule has 0 aliphatic carbocycles. The molecular formula is C12H17N3O4. The van der Waals surface area contributed by atoms with Gasteiger partial charge >= 0.3 is 0 Å². The highest BCUT2D eigenvalue weighted by molar-refractivity contribution is 5.93. The number of amides is 2. The Balaban J connectivity index is 2.26. The smallest absolute Gasteiger partial charge is 0.276 e. The predicted octanol–water partition coefficient (Wildman–Crippen LogP) is 0.171. The van der Waals surface area contributed by atoms with Crippen molar-refractivity contribution in [3.8, 4) is 0 Å². The number of carbonyl (C=O) groups excluding carboxylic acids is 2. The molecular weight excluding hydrogens is 250 g/mol. The van der Waals surface area contributed by atoms with E-state index in [9.17, 15) is 9.59 Å². The summed E-state index contributed by atoms with van der Waals surface area (Å²) in [5.74, 6) is -0.707. The molecule has 0 spiro atoms. The van der Waals surface area contributed by atoms with Gasteiger partial charge in [-0.25, -0.2) is 0 Å². The second-order valence-corrected chi connectivity index (χ2v) is 4.75. The largest absolute Gasteiger partial charge is 0.382 e. The van der Waals surface area contributed by atoms with Crippen LogP contribution < -0.4 is 5.73 Å². The van der Waals surface area contributed by atoms with Gasteiger partial charge in [-0.15, -0.1) is 0 Å². The van der Waals surface area contributed by atoms with Crippen molar-refractivity contribution < 1.29 is 18.8 Å². The summed E-state index contributed by atoms with van der Waals surface area (Å²) in [6, 6.07) is 1.50. The van der Waals surface area contributed by atoms with Gasteiger partial charge in [-0.3, -0.25) is 9.59 Å². The molecule has 0 bridgehead atoms. The fraction of sp³-hybridized carbons (Fsp3) is 0.583. The molecule has 0 radical (unpaired) electrons. The average Bonchev–Trinajstić information content (AvgIpc) is 2.97. The first-order chi connectivity index (χ1) is 9.09. The lowest BCUT2D eigenvalue weighted by atomic mass is 9.92. The molecule has 1 aliphatic rings. The first kappa shape index (κ1) is 13.5. The fourth-order valence-electron chi connectivity index (χ4n) is 2.69. The van der Waals surface area contributed by atoms with Crippen molar-refractivity contribution in [2.24, 2.45) is 5.73 Å². The van der Waals surface area contributed by atoms with E-state index in [-0.39, 0.29) is 24.6 Å². The molecule has 0 saturated carbocycles. The summed E-state index contributed by atoms with van der Waals surface area (Å²) in [6.07, 6.45) is 2.92. The molecule has 2 N–H and O–H groups in total. The maximum absolute atomic E-state index is 12.4. The summed E-state index contributed by atoms with van der Waals surface area (Å²) in [6.45, 7) is 0.835. The lowest BCUT2D eigenvalue weighted by molar-refractivity contribution is -0.121. The molecule has 2 rings (SSSR count). The van der Waals surface area contributed by atoms with Crippen LogP contribution >= 0.6 is 0 Å². The third-order valence-corrected chi connectivity index (χ3v) is 3.41. The van der Waals surface area contributed by atoms with Gasteiger partial charge in [0.1, 0.15) is 6.26 Å². The van der Waals surface area contributed by atoms with Gasteiger partial charge in [-0.2, -0.15) is 0 Å². The number of ether oxygens (including phenoxy) is 1. The standard InChI is InChI=1S/C12H17N3O4/c1-18-8-12(7-10(13)16)4-2-5-15(12)11(17)9-3-6-19-14-9/h3,6H,2,4-5,7-8H2,1H3,(H2,13,16)/t12-/m0/s1. The van der Waals surface area contributed by atoms with Crippen LogP contribution in [-0.2, 0) is 9.53 Å². The molecule has 1 aromatic heterocycles. The van der Waals surface area contributed by atoms with Gasteiger partial charge < -0.3 is 19.9 Å². The van der Waals surface area contributed by atoms with E-state index in [1.807, 2.05) is 0 Å². The Hall–Kier alpha value is -1.89. The summed E-state index contributed by atoms with van der Waals surface area (Å²) in [4.78, 5) is 25.3. The molecule has 104 valence electrons. The number of methoxy groups -OCH3 is 1. The number of rotatable bonds is 5. The van der Waals surface area contributed by atoms with Crippen LogP contribution in [0.3, 0.4) is 0 Å². The summed E-state index contributed by atoms with van der Waals surface area (Å²) < 4.78 is 9.87. The molecule has 7 nitrogen and oxygen atoms in total. The number of hydrogen-bond donors (Lipinski definition) is 1. The van der Waals surface area contributed by atoms with Crippen LogP contribution in [0.1, 0.15) is 29.8 Å². The zero-order chi connectivity index (χ0) is 13.9. The zero-order valence-electron chi connectivity index (χ0n) is 10.8. The third-order valence-electron chi connectivity index (χ3n) is 3.41. The SMILES string of the molecule is COC[C@@]1(CC(N)=O)CCCN1C(=O)c1ccon1. The first-order valence-electron chi connectivity index (χ1n) is 6.09. The normalized spacial score (nSPS) is 22.7.